The Morgan fingerprint density at radius 2 is 2.19 bits per heavy atom. The summed E-state index contributed by atoms with van der Waals surface area (Å²) < 4.78 is 10.6. The van der Waals surface area contributed by atoms with Crippen molar-refractivity contribution in [2.75, 3.05) is 6.61 Å². The zero-order valence-corrected chi connectivity index (χ0v) is 15.9. The maximum absolute atomic E-state index is 12.6. The van der Waals surface area contributed by atoms with E-state index < -0.39 is 11.9 Å². The average molecular weight is 384 g/mol. The van der Waals surface area contributed by atoms with Crippen LogP contribution in [0.5, 0.6) is 0 Å². The molecule has 0 amide bonds. The minimum atomic E-state index is -0.812. The Kier molecular flexibility index (Phi) is 5.06. The molecule has 0 fully saturated rings. The summed E-state index contributed by atoms with van der Waals surface area (Å²) in [6, 6.07) is 9.60. The summed E-state index contributed by atoms with van der Waals surface area (Å²) in [6.45, 7) is 5.43. The molecule has 0 spiro atoms. The van der Waals surface area contributed by atoms with Crippen LogP contribution in [0.25, 0.3) is 10.9 Å². The third kappa shape index (κ3) is 3.22. The minimum Gasteiger partial charge on any atom is -0.463 e. The molecule has 0 unspecified atom stereocenters. The number of allylic oxidation sites excluding steroid dienone is 2. The van der Waals surface area contributed by atoms with Crippen LogP contribution >= 0.6 is 11.6 Å². The average Bonchev–Trinajstić information content (AvgIpc) is 2.61. The van der Waals surface area contributed by atoms with Crippen LogP contribution in [-0.4, -0.2) is 17.6 Å². The van der Waals surface area contributed by atoms with Gasteiger partial charge < -0.3 is 15.2 Å². The van der Waals surface area contributed by atoms with Crippen molar-refractivity contribution in [2.45, 2.75) is 26.7 Å². The summed E-state index contributed by atoms with van der Waals surface area (Å²) in [4.78, 5) is 17.1. The normalized spacial score (nSPS) is 16.9. The number of fused-ring (bicyclic) bond motifs is 1. The van der Waals surface area contributed by atoms with E-state index in [9.17, 15) is 10.1 Å². The van der Waals surface area contributed by atoms with Crippen LogP contribution < -0.4 is 5.73 Å². The number of aryl methyl sites for hydroxylation is 1. The van der Waals surface area contributed by atoms with Crippen LogP contribution in [0, 0.1) is 18.3 Å². The van der Waals surface area contributed by atoms with E-state index in [1.165, 1.54) is 0 Å². The second-order valence-electron chi connectivity index (χ2n) is 6.13. The highest BCUT2D eigenvalue weighted by atomic mass is 35.5. The first-order chi connectivity index (χ1) is 12.9. The molecule has 0 radical (unpaired) electrons. The molecular weight excluding hydrogens is 366 g/mol. The maximum atomic E-state index is 12.6. The fourth-order valence-corrected chi connectivity index (χ4v) is 3.46. The van der Waals surface area contributed by atoms with Gasteiger partial charge >= 0.3 is 5.97 Å². The zero-order chi connectivity index (χ0) is 19.7. The monoisotopic (exact) mass is 383 g/mol. The van der Waals surface area contributed by atoms with Crippen LogP contribution in [-0.2, 0) is 14.3 Å². The molecule has 138 valence electrons. The number of esters is 1. The van der Waals surface area contributed by atoms with Gasteiger partial charge in [0.1, 0.15) is 22.6 Å². The van der Waals surface area contributed by atoms with Gasteiger partial charge in [-0.3, -0.25) is 0 Å². The molecule has 1 aromatic heterocycles. The van der Waals surface area contributed by atoms with Gasteiger partial charge in [-0.05, 0) is 32.4 Å². The fraction of sp³-hybridized carbons (Fsp3) is 0.250. The standard InChI is InChI=1S/C20H18ClN3O3/c1-4-26-20(25)15-11(3)27-19(23)14(9-22)16(15)13-8-12-7-5-6-10(2)17(12)24-18(13)21/h5-8,16H,4,23H2,1-3H3/t16-/m0/s1. The van der Waals surface area contributed by atoms with Gasteiger partial charge in [0.15, 0.2) is 0 Å². The Morgan fingerprint density at radius 3 is 2.85 bits per heavy atom. The van der Waals surface area contributed by atoms with Crippen molar-refractivity contribution in [3.63, 3.8) is 0 Å². The van der Waals surface area contributed by atoms with Crippen LogP contribution in [0.2, 0.25) is 5.15 Å². The van der Waals surface area contributed by atoms with Crippen LogP contribution in [0.15, 0.2) is 47.1 Å². The molecular formula is C20H18ClN3O3. The Balaban J connectivity index is 2.28. The number of nitrogens with zero attached hydrogens (tertiary/aromatic N) is 2. The van der Waals surface area contributed by atoms with Crippen LogP contribution in [0.4, 0.5) is 0 Å². The highest BCUT2D eigenvalue weighted by Crippen LogP contribution is 2.42. The molecule has 2 aromatic rings. The summed E-state index contributed by atoms with van der Waals surface area (Å²) >= 11 is 6.47. The first kappa shape index (κ1) is 18.7. The van der Waals surface area contributed by atoms with Gasteiger partial charge in [0.2, 0.25) is 5.88 Å². The molecule has 2 N–H and O–H groups in total. The predicted molar refractivity (Wildman–Crippen MR) is 101 cm³/mol. The molecule has 7 heteroatoms. The number of nitrogens with two attached hydrogens (primary N) is 1. The molecule has 1 atom stereocenters. The number of hydrogen-bond acceptors (Lipinski definition) is 6. The van der Waals surface area contributed by atoms with Gasteiger partial charge in [-0.25, -0.2) is 9.78 Å². The maximum Gasteiger partial charge on any atom is 0.338 e. The van der Waals surface area contributed by atoms with Gasteiger partial charge in [0, 0.05) is 10.9 Å². The Bertz CT molecular complexity index is 1050. The highest BCUT2D eigenvalue weighted by molar-refractivity contribution is 6.31. The van der Waals surface area contributed by atoms with Crippen molar-refractivity contribution < 1.29 is 14.3 Å². The number of rotatable bonds is 3. The van der Waals surface area contributed by atoms with Crippen LogP contribution in [0.3, 0.4) is 0 Å². The third-order valence-corrected chi connectivity index (χ3v) is 4.74. The second-order valence-corrected chi connectivity index (χ2v) is 6.49. The number of ether oxygens (including phenoxy) is 2. The molecule has 27 heavy (non-hydrogen) atoms. The van der Waals surface area contributed by atoms with E-state index in [0.29, 0.717) is 5.56 Å². The molecule has 0 saturated heterocycles. The summed E-state index contributed by atoms with van der Waals surface area (Å²) in [6.07, 6.45) is 0. The van der Waals surface area contributed by atoms with Crippen molar-refractivity contribution in [1.82, 2.24) is 4.98 Å². The van der Waals surface area contributed by atoms with Crippen molar-refractivity contribution in [2.24, 2.45) is 5.73 Å². The molecule has 2 heterocycles. The minimum absolute atomic E-state index is 0.0616. The lowest BCUT2D eigenvalue weighted by atomic mass is 9.83. The largest absolute Gasteiger partial charge is 0.463 e. The number of carbonyl (C=O) groups is 1. The van der Waals surface area contributed by atoms with Crippen LogP contribution in [0.1, 0.15) is 30.9 Å². The Hall–Kier alpha value is -3.04. The van der Waals surface area contributed by atoms with Gasteiger partial charge in [-0.15, -0.1) is 0 Å². The summed E-state index contributed by atoms with van der Waals surface area (Å²) in [7, 11) is 0. The van der Waals surface area contributed by atoms with Crippen molar-refractivity contribution in [3.05, 3.63) is 63.3 Å². The van der Waals surface area contributed by atoms with E-state index in [4.69, 9.17) is 26.8 Å². The molecule has 3 rings (SSSR count). The lowest BCUT2D eigenvalue weighted by Crippen LogP contribution is -2.26. The lowest BCUT2D eigenvalue weighted by Gasteiger charge is -2.27. The molecule has 0 saturated carbocycles. The summed E-state index contributed by atoms with van der Waals surface area (Å²) in [5.41, 5.74) is 8.44. The third-order valence-electron chi connectivity index (χ3n) is 4.44. The van der Waals surface area contributed by atoms with E-state index in [1.807, 2.05) is 37.3 Å². The van der Waals surface area contributed by atoms with Gasteiger partial charge in [0.05, 0.1) is 23.6 Å². The molecule has 0 bridgehead atoms. The van der Waals surface area contributed by atoms with E-state index in [1.54, 1.807) is 13.8 Å². The highest BCUT2D eigenvalue weighted by Gasteiger charge is 2.37. The van der Waals surface area contributed by atoms with E-state index in [-0.39, 0.29) is 34.5 Å². The van der Waals surface area contributed by atoms with Crippen molar-refractivity contribution in [3.8, 4) is 6.07 Å². The first-order valence-corrected chi connectivity index (χ1v) is 8.78. The number of halogens is 1. The number of benzene rings is 1. The number of hydrogen-bond donors (Lipinski definition) is 1. The van der Waals surface area contributed by atoms with Gasteiger partial charge in [0.25, 0.3) is 0 Å². The topological polar surface area (TPSA) is 98.2 Å². The summed E-state index contributed by atoms with van der Waals surface area (Å²) in [5.74, 6) is -1.18. The second kappa shape index (κ2) is 7.29. The molecule has 1 aromatic carbocycles. The van der Waals surface area contributed by atoms with E-state index in [2.05, 4.69) is 4.98 Å². The quantitative estimate of drug-likeness (QED) is 0.638. The lowest BCUT2D eigenvalue weighted by molar-refractivity contribution is -0.139. The Morgan fingerprint density at radius 1 is 1.44 bits per heavy atom. The summed E-state index contributed by atoms with van der Waals surface area (Å²) in [5, 5.41) is 10.7. The smallest absolute Gasteiger partial charge is 0.338 e. The van der Waals surface area contributed by atoms with Crippen molar-refractivity contribution >= 4 is 28.5 Å². The first-order valence-electron chi connectivity index (χ1n) is 8.40. The fourth-order valence-electron chi connectivity index (χ4n) is 3.21. The molecule has 0 aliphatic carbocycles. The number of aromatic nitrogens is 1. The number of para-hydroxylation sites is 1. The number of pyridine rings is 1. The molecule has 6 nitrogen and oxygen atoms in total. The van der Waals surface area contributed by atoms with E-state index in [0.717, 1.165) is 16.5 Å². The predicted octanol–water partition coefficient (Wildman–Crippen LogP) is 3.84. The SMILES string of the molecule is CCOC(=O)C1=C(C)OC(N)=C(C#N)[C@@H]1c1cc2cccc(C)c2nc1Cl. The molecule has 1 aliphatic heterocycles. The zero-order valence-electron chi connectivity index (χ0n) is 15.2. The Labute approximate surface area is 161 Å². The van der Waals surface area contributed by atoms with Crippen molar-refractivity contribution in [1.29, 1.82) is 5.26 Å². The molecule has 1 aliphatic rings. The van der Waals surface area contributed by atoms with E-state index >= 15 is 0 Å². The van der Waals surface area contributed by atoms with Gasteiger partial charge in [-0.1, -0.05) is 29.8 Å². The van der Waals surface area contributed by atoms with Gasteiger partial charge in [-0.2, -0.15) is 5.26 Å². The number of nitriles is 1. The number of carbonyl (C=O) groups excluding carboxylic acids is 1.